The molecule has 0 spiro atoms. The average molecular weight is 248 g/mol. The van der Waals surface area contributed by atoms with Gasteiger partial charge in [-0.1, -0.05) is 31.5 Å². The van der Waals surface area contributed by atoms with Crippen LogP contribution < -0.4 is 10.6 Å². The largest absolute Gasteiger partial charge is 0.374 e. The van der Waals surface area contributed by atoms with Crippen LogP contribution in [-0.2, 0) is 0 Å². The molecule has 0 fully saturated rings. The first-order valence-corrected chi connectivity index (χ1v) is 7.03. The number of nitrogens with zero attached hydrogens (tertiary/aromatic N) is 1. The zero-order chi connectivity index (χ0) is 13.5. The molecule has 0 aliphatic heterocycles. The van der Waals surface area contributed by atoms with Gasteiger partial charge in [0.25, 0.3) is 0 Å². The Kier molecular flexibility index (Phi) is 6.20. The number of nitrogens with two attached hydrogens (primary N) is 1. The second kappa shape index (κ2) is 7.42. The van der Waals surface area contributed by atoms with Crippen LogP contribution in [-0.4, -0.2) is 19.6 Å². The first-order valence-electron chi connectivity index (χ1n) is 7.03. The van der Waals surface area contributed by atoms with Crippen molar-refractivity contribution in [3.05, 3.63) is 29.8 Å². The first-order chi connectivity index (χ1) is 8.50. The van der Waals surface area contributed by atoms with E-state index in [0.717, 1.165) is 13.0 Å². The lowest BCUT2D eigenvalue weighted by molar-refractivity contribution is 0.480. The number of anilines is 1. The summed E-state index contributed by atoms with van der Waals surface area (Å²) in [7, 11) is 2.18. The fourth-order valence-corrected chi connectivity index (χ4v) is 2.44. The van der Waals surface area contributed by atoms with Gasteiger partial charge in [-0.25, -0.2) is 0 Å². The molecule has 1 aromatic carbocycles. The number of hydrogen-bond acceptors (Lipinski definition) is 2. The molecule has 0 amide bonds. The van der Waals surface area contributed by atoms with Crippen LogP contribution in [0.15, 0.2) is 24.3 Å². The Morgan fingerprint density at radius 3 is 2.44 bits per heavy atom. The van der Waals surface area contributed by atoms with E-state index in [1.807, 2.05) is 0 Å². The van der Waals surface area contributed by atoms with E-state index in [1.54, 1.807) is 0 Å². The third-order valence-electron chi connectivity index (χ3n) is 3.47. The van der Waals surface area contributed by atoms with Crippen LogP contribution in [0.5, 0.6) is 0 Å². The van der Waals surface area contributed by atoms with E-state index >= 15 is 0 Å². The van der Waals surface area contributed by atoms with Gasteiger partial charge in [0.15, 0.2) is 0 Å². The summed E-state index contributed by atoms with van der Waals surface area (Å²) in [4.78, 5) is 2.37. The van der Waals surface area contributed by atoms with E-state index in [4.69, 9.17) is 5.73 Å². The third kappa shape index (κ3) is 5.09. The number of hydrogen-bond donors (Lipinski definition) is 1. The fraction of sp³-hybridized carbons (Fsp3) is 0.625. The summed E-state index contributed by atoms with van der Waals surface area (Å²) in [5.41, 5.74) is 8.47. The van der Waals surface area contributed by atoms with Gasteiger partial charge in [-0.2, -0.15) is 0 Å². The smallest absolute Gasteiger partial charge is 0.0393 e. The van der Waals surface area contributed by atoms with Gasteiger partial charge in [-0.05, 0) is 44.2 Å². The molecule has 1 aromatic rings. The molecule has 0 aliphatic rings. The minimum Gasteiger partial charge on any atom is -0.374 e. The summed E-state index contributed by atoms with van der Waals surface area (Å²) in [5.74, 6) is 0.716. The van der Waals surface area contributed by atoms with E-state index in [1.165, 1.54) is 24.1 Å². The number of rotatable bonds is 7. The molecule has 2 unspecified atom stereocenters. The Bertz CT molecular complexity index is 347. The van der Waals surface area contributed by atoms with Gasteiger partial charge in [-0.15, -0.1) is 0 Å². The molecule has 0 bridgehead atoms. The summed E-state index contributed by atoms with van der Waals surface area (Å²) in [6.45, 7) is 7.70. The van der Waals surface area contributed by atoms with Crippen LogP contribution >= 0.6 is 0 Å². The van der Waals surface area contributed by atoms with E-state index in [0.29, 0.717) is 12.0 Å². The lowest BCUT2D eigenvalue weighted by Crippen LogP contribution is -2.25. The lowest BCUT2D eigenvalue weighted by atomic mass is 10.0. The van der Waals surface area contributed by atoms with Crippen LogP contribution in [0.2, 0.25) is 0 Å². The molecule has 0 saturated carbocycles. The van der Waals surface area contributed by atoms with Gasteiger partial charge >= 0.3 is 0 Å². The molecular weight excluding hydrogens is 220 g/mol. The van der Waals surface area contributed by atoms with Crippen molar-refractivity contribution >= 4 is 5.69 Å². The summed E-state index contributed by atoms with van der Waals surface area (Å²) in [5, 5.41) is 0. The van der Waals surface area contributed by atoms with Gasteiger partial charge in [-0.3, -0.25) is 0 Å². The first kappa shape index (κ1) is 15.0. The van der Waals surface area contributed by atoms with Crippen molar-refractivity contribution in [2.45, 2.75) is 46.1 Å². The zero-order valence-corrected chi connectivity index (χ0v) is 12.3. The Hall–Kier alpha value is -1.02. The van der Waals surface area contributed by atoms with Crippen LogP contribution in [0.25, 0.3) is 0 Å². The van der Waals surface area contributed by atoms with Crippen LogP contribution in [0, 0.1) is 12.8 Å². The molecular formula is C16H28N2. The number of aryl methyl sites for hydroxylation is 1. The normalized spacial score (nSPS) is 14.3. The Labute approximate surface area is 112 Å². The Balaban J connectivity index is 2.40. The van der Waals surface area contributed by atoms with Gasteiger partial charge in [0.05, 0.1) is 0 Å². The average Bonchev–Trinajstić information content (AvgIpc) is 2.28. The van der Waals surface area contributed by atoms with Crippen LogP contribution in [0.1, 0.15) is 38.7 Å². The molecule has 0 heterocycles. The topological polar surface area (TPSA) is 29.3 Å². The van der Waals surface area contributed by atoms with E-state index in [-0.39, 0.29) is 0 Å². The minimum absolute atomic E-state index is 0.339. The van der Waals surface area contributed by atoms with Crippen molar-refractivity contribution in [3.8, 4) is 0 Å². The van der Waals surface area contributed by atoms with Gasteiger partial charge in [0, 0.05) is 25.3 Å². The van der Waals surface area contributed by atoms with Gasteiger partial charge < -0.3 is 10.6 Å². The second-order valence-corrected chi connectivity index (χ2v) is 5.68. The summed E-state index contributed by atoms with van der Waals surface area (Å²) < 4.78 is 0. The maximum absolute atomic E-state index is 5.78. The van der Waals surface area contributed by atoms with Gasteiger partial charge in [0.1, 0.15) is 0 Å². The molecule has 2 nitrogen and oxygen atoms in total. The highest BCUT2D eigenvalue weighted by molar-refractivity contribution is 5.52. The molecule has 0 aliphatic carbocycles. The van der Waals surface area contributed by atoms with Crippen molar-refractivity contribution in [1.29, 1.82) is 0 Å². The highest BCUT2D eigenvalue weighted by atomic mass is 15.1. The molecule has 1 rings (SSSR count). The predicted molar refractivity (Wildman–Crippen MR) is 81.1 cm³/mol. The van der Waals surface area contributed by atoms with Crippen molar-refractivity contribution in [2.75, 3.05) is 18.5 Å². The maximum Gasteiger partial charge on any atom is 0.0393 e. The van der Waals surface area contributed by atoms with Crippen molar-refractivity contribution in [2.24, 2.45) is 11.7 Å². The quantitative estimate of drug-likeness (QED) is 0.799. The van der Waals surface area contributed by atoms with E-state index in [2.05, 4.69) is 57.0 Å². The standard InChI is InChI=1S/C16H28N2/c1-13(8-7-10-15(3)17)12-18(4)16-11-6-5-9-14(16)2/h5-6,9,11,13,15H,7-8,10,12,17H2,1-4H3. The molecule has 0 radical (unpaired) electrons. The van der Waals surface area contributed by atoms with E-state index in [9.17, 15) is 0 Å². The minimum atomic E-state index is 0.339. The zero-order valence-electron chi connectivity index (χ0n) is 12.3. The number of para-hydroxylation sites is 1. The Morgan fingerprint density at radius 1 is 1.17 bits per heavy atom. The summed E-state index contributed by atoms with van der Waals surface area (Å²) >= 11 is 0. The monoisotopic (exact) mass is 248 g/mol. The molecule has 2 heteroatoms. The molecule has 2 N–H and O–H groups in total. The molecule has 0 saturated heterocycles. The molecule has 0 aromatic heterocycles. The van der Waals surface area contributed by atoms with Crippen molar-refractivity contribution in [3.63, 3.8) is 0 Å². The predicted octanol–water partition coefficient (Wildman–Crippen LogP) is 3.58. The molecule has 18 heavy (non-hydrogen) atoms. The van der Waals surface area contributed by atoms with Crippen LogP contribution in [0.4, 0.5) is 5.69 Å². The van der Waals surface area contributed by atoms with Crippen molar-refractivity contribution in [1.82, 2.24) is 0 Å². The van der Waals surface area contributed by atoms with Crippen molar-refractivity contribution < 1.29 is 0 Å². The number of benzene rings is 1. The lowest BCUT2D eigenvalue weighted by Gasteiger charge is -2.25. The highest BCUT2D eigenvalue weighted by Gasteiger charge is 2.09. The Morgan fingerprint density at radius 2 is 1.83 bits per heavy atom. The second-order valence-electron chi connectivity index (χ2n) is 5.68. The fourth-order valence-electron chi connectivity index (χ4n) is 2.44. The highest BCUT2D eigenvalue weighted by Crippen LogP contribution is 2.20. The maximum atomic E-state index is 5.78. The van der Waals surface area contributed by atoms with Gasteiger partial charge in [0.2, 0.25) is 0 Å². The van der Waals surface area contributed by atoms with Crippen LogP contribution in [0.3, 0.4) is 0 Å². The summed E-state index contributed by atoms with van der Waals surface area (Å²) in [6.07, 6.45) is 3.64. The SMILES string of the molecule is Cc1ccccc1N(C)CC(C)CCCC(C)N. The third-order valence-corrected chi connectivity index (χ3v) is 3.47. The molecule has 2 atom stereocenters. The molecule has 102 valence electrons. The summed E-state index contributed by atoms with van der Waals surface area (Å²) in [6, 6.07) is 8.92. The van der Waals surface area contributed by atoms with E-state index < -0.39 is 0 Å².